The molecule has 3 aromatic rings. The third-order valence-electron chi connectivity index (χ3n) is 4.41. The molecule has 0 bridgehead atoms. The molecular formula is C21H22ClN5O2S. The molecule has 3 rings (SSSR count). The standard InChI is InChI=1S/C21H22ClN5O2S/c1-14-9-10-16(11-17(14)22)27-13-23-25-21(27)30-12-18(28)24-19(20(29)26(2)3)15-7-5-4-6-8-15/h4-11,13,19H,12H2,1-3H3,(H,24,28)/t19-/m0/s1. The second-order valence-corrected chi connectivity index (χ2v) is 8.20. The third kappa shape index (κ3) is 5.20. The molecule has 0 fully saturated rings. The normalized spacial score (nSPS) is 11.7. The molecule has 7 nitrogen and oxygen atoms in total. The van der Waals surface area contributed by atoms with E-state index in [0.717, 1.165) is 16.8 Å². The van der Waals surface area contributed by atoms with Crippen molar-refractivity contribution in [2.75, 3.05) is 19.8 Å². The van der Waals surface area contributed by atoms with Crippen molar-refractivity contribution < 1.29 is 9.59 Å². The number of hydrogen-bond donors (Lipinski definition) is 1. The Morgan fingerprint density at radius 2 is 1.93 bits per heavy atom. The third-order valence-corrected chi connectivity index (χ3v) is 5.76. The fourth-order valence-corrected chi connectivity index (χ4v) is 3.67. The van der Waals surface area contributed by atoms with Gasteiger partial charge in [-0.15, -0.1) is 10.2 Å². The van der Waals surface area contributed by atoms with Crippen molar-refractivity contribution in [1.29, 1.82) is 0 Å². The number of carbonyl (C=O) groups is 2. The van der Waals surface area contributed by atoms with E-state index >= 15 is 0 Å². The number of likely N-dealkylation sites (N-methyl/N-ethyl adjacent to an activating group) is 1. The molecule has 0 unspecified atom stereocenters. The molecule has 1 heterocycles. The summed E-state index contributed by atoms with van der Waals surface area (Å²) in [7, 11) is 3.32. The first-order valence-electron chi connectivity index (χ1n) is 9.21. The highest BCUT2D eigenvalue weighted by molar-refractivity contribution is 7.99. The summed E-state index contributed by atoms with van der Waals surface area (Å²) in [5.41, 5.74) is 2.51. The molecule has 0 aliphatic heterocycles. The van der Waals surface area contributed by atoms with Gasteiger partial charge < -0.3 is 10.2 Å². The number of aryl methyl sites for hydroxylation is 1. The molecule has 0 saturated carbocycles. The average molecular weight is 444 g/mol. The molecule has 1 atom stereocenters. The lowest BCUT2D eigenvalue weighted by Gasteiger charge is -2.22. The highest BCUT2D eigenvalue weighted by atomic mass is 35.5. The molecule has 0 aliphatic carbocycles. The van der Waals surface area contributed by atoms with Gasteiger partial charge in [0.15, 0.2) is 5.16 Å². The lowest BCUT2D eigenvalue weighted by molar-refractivity contribution is -0.134. The Labute approximate surface area is 184 Å². The van der Waals surface area contributed by atoms with Crippen LogP contribution in [0.2, 0.25) is 5.02 Å². The van der Waals surface area contributed by atoms with Crippen molar-refractivity contribution >= 4 is 35.2 Å². The Morgan fingerprint density at radius 3 is 2.60 bits per heavy atom. The minimum absolute atomic E-state index is 0.0856. The van der Waals surface area contributed by atoms with Crippen LogP contribution in [-0.2, 0) is 9.59 Å². The molecule has 2 amide bonds. The molecule has 0 aliphatic rings. The summed E-state index contributed by atoms with van der Waals surface area (Å²) in [5.74, 6) is -0.389. The number of amides is 2. The second-order valence-electron chi connectivity index (χ2n) is 6.85. The van der Waals surface area contributed by atoms with Crippen molar-refractivity contribution in [2.24, 2.45) is 0 Å². The van der Waals surface area contributed by atoms with E-state index in [9.17, 15) is 9.59 Å². The van der Waals surface area contributed by atoms with Crippen molar-refractivity contribution in [3.63, 3.8) is 0 Å². The zero-order valence-corrected chi connectivity index (χ0v) is 18.4. The molecule has 1 aromatic heterocycles. The number of benzene rings is 2. The van der Waals surface area contributed by atoms with Crippen LogP contribution in [0.4, 0.5) is 0 Å². The van der Waals surface area contributed by atoms with Crippen LogP contribution in [0.5, 0.6) is 0 Å². The maximum atomic E-state index is 12.6. The number of halogens is 1. The van der Waals surface area contributed by atoms with Gasteiger partial charge in [-0.3, -0.25) is 14.2 Å². The summed E-state index contributed by atoms with van der Waals surface area (Å²) >= 11 is 7.45. The summed E-state index contributed by atoms with van der Waals surface area (Å²) in [4.78, 5) is 26.7. The van der Waals surface area contributed by atoms with Gasteiger partial charge >= 0.3 is 0 Å². The maximum Gasteiger partial charge on any atom is 0.249 e. The predicted octanol–water partition coefficient (Wildman–Crippen LogP) is 3.27. The second kappa shape index (κ2) is 9.77. The first-order valence-corrected chi connectivity index (χ1v) is 10.6. The average Bonchev–Trinajstić information content (AvgIpc) is 3.21. The Bertz CT molecular complexity index is 1040. The monoisotopic (exact) mass is 443 g/mol. The summed E-state index contributed by atoms with van der Waals surface area (Å²) in [6.07, 6.45) is 1.57. The molecular weight excluding hydrogens is 422 g/mol. The van der Waals surface area contributed by atoms with Crippen LogP contribution < -0.4 is 5.32 Å². The quantitative estimate of drug-likeness (QED) is 0.567. The number of hydrogen-bond acceptors (Lipinski definition) is 5. The number of rotatable bonds is 7. The van der Waals surface area contributed by atoms with Gasteiger partial charge in [-0.05, 0) is 30.2 Å². The lowest BCUT2D eigenvalue weighted by Crippen LogP contribution is -2.40. The van der Waals surface area contributed by atoms with Gasteiger partial charge in [-0.1, -0.05) is 59.8 Å². The van der Waals surface area contributed by atoms with Crippen LogP contribution in [0.3, 0.4) is 0 Å². The first-order chi connectivity index (χ1) is 14.4. The van der Waals surface area contributed by atoms with Gasteiger partial charge in [0.05, 0.1) is 11.4 Å². The fourth-order valence-electron chi connectivity index (χ4n) is 2.76. The lowest BCUT2D eigenvalue weighted by atomic mass is 10.1. The van der Waals surface area contributed by atoms with Gasteiger partial charge in [0.2, 0.25) is 11.8 Å². The van der Waals surface area contributed by atoms with E-state index < -0.39 is 6.04 Å². The Morgan fingerprint density at radius 1 is 1.20 bits per heavy atom. The fraction of sp³-hybridized carbons (Fsp3) is 0.238. The van der Waals surface area contributed by atoms with Crippen molar-refractivity contribution in [1.82, 2.24) is 25.0 Å². The molecule has 1 N–H and O–H groups in total. The Balaban J connectivity index is 1.70. The number of nitrogens with zero attached hydrogens (tertiary/aromatic N) is 4. The number of carbonyl (C=O) groups excluding carboxylic acids is 2. The molecule has 30 heavy (non-hydrogen) atoms. The highest BCUT2D eigenvalue weighted by Crippen LogP contribution is 2.24. The number of nitrogens with one attached hydrogen (secondary N) is 1. The Kier molecular flexibility index (Phi) is 7.12. The van der Waals surface area contributed by atoms with E-state index in [-0.39, 0.29) is 17.6 Å². The van der Waals surface area contributed by atoms with Gasteiger partial charge in [0.25, 0.3) is 0 Å². The van der Waals surface area contributed by atoms with Crippen LogP contribution in [0, 0.1) is 6.92 Å². The summed E-state index contributed by atoms with van der Waals surface area (Å²) < 4.78 is 1.77. The predicted molar refractivity (Wildman–Crippen MR) is 118 cm³/mol. The van der Waals surface area contributed by atoms with E-state index in [1.165, 1.54) is 16.7 Å². The summed E-state index contributed by atoms with van der Waals surface area (Å²) in [6, 6.07) is 14.1. The van der Waals surface area contributed by atoms with Crippen molar-refractivity contribution in [3.8, 4) is 5.69 Å². The van der Waals surface area contributed by atoms with E-state index in [1.807, 2.05) is 55.5 Å². The SMILES string of the molecule is Cc1ccc(-n2cnnc2SCC(=O)N[C@H](C(=O)N(C)C)c2ccccc2)cc1Cl. The molecule has 2 aromatic carbocycles. The molecule has 0 spiro atoms. The van der Waals surface area contributed by atoms with Crippen LogP contribution >= 0.6 is 23.4 Å². The van der Waals surface area contributed by atoms with Crippen molar-refractivity contribution in [2.45, 2.75) is 18.1 Å². The molecule has 156 valence electrons. The number of thioether (sulfide) groups is 1. The van der Waals surface area contributed by atoms with Crippen LogP contribution in [-0.4, -0.2) is 51.3 Å². The highest BCUT2D eigenvalue weighted by Gasteiger charge is 2.24. The van der Waals surface area contributed by atoms with Gasteiger partial charge in [-0.2, -0.15) is 0 Å². The molecule has 0 saturated heterocycles. The zero-order valence-electron chi connectivity index (χ0n) is 16.9. The summed E-state index contributed by atoms with van der Waals surface area (Å²) in [6.45, 7) is 1.93. The minimum atomic E-state index is -0.747. The minimum Gasteiger partial charge on any atom is -0.347 e. The summed E-state index contributed by atoms with van der Waals surface area (Å²) in [5, 5.41) is 12.1. The molecule has 0 radical (unpaired) electrons. The number of aromatic nitrogens is 3. The van der Waals surface area contributed by atoms with Crippen LogP contribution in [0.1, 0.15) is 17.2 Å². The zero-order chi connectivity index (χ0) is 21.7. The van der Waals surface area contributed by atoms with E-state index in [0.29, 0.717) is 10.2 Å². The van der Waals surface area contributed by atoms with Gasteiger partial charge in [-0.25, -0.2) is 0 Å². The van der Waals surface area contributed by atoms with Crippen LogP contribution in [0.25, 0.3) is 5.69 Å². The largest absolute Gasteiger partial charge is 0.347 e. The first kappa shape index (κ1) is 21.9. The van der Waals surface area contributed by atoms with E-state index in [1.54, 1.807) is 25.0 Å². The topological polar surface area (TPSA) is 80.1 Å². The van der Waals surface area contributed by atoms with Gasteiger partial charge in [0.1, 0.15) is 12.4 Å². The van der Waals surface area contributed by atoms with Gasteiger partial charge in [0, 0.05) is 19.1 Å². The van der Waals surface area contributed by atoms with Crippen LogP contribution in [0.15, 0.2) is 60.0 Å². The van der Waals surface area contributed by atoms with Crippen molar-refractivity contribution in [3.05, 3.63) is 71.0 Å². The Hall–Kier alpha value is -2.84. The smallest absolute Gasteiger partial charge is 0.249 e. The van der Waals surface area contributed by atoms with E-state index in [2.05, 4.69) is 15.5 Å². The molecule has 9 heteroatoms. The maximum absolute atomic E-state index is 12.6. The van der Waals surface area contributed by atoms with E-state index in [4.69, 9.17) is 11.6 Å².